The maximum absolute atomic E-state index is 11.7. The first-order valence-corrected chi connectivity index (χ1v) is 5.09. The summed E-state index contributed by atoms with van der Waals surface area (Å²) in [5.74, 6) is -0.0605. The molecule has 0 saturated heterocycles. The van der Waals surface area contributed by atoms with Gasteiger partial charge in [0.15, 0.2) is 0 Å². The third kappa shape index (κ3) is 2.71. The minimum atomic E-state index is -0.232. The molecular formula is C11H19O2. The zero-order chi connectivity index (χ0) is 9.90. The molecule has 1 unspecified atom stereocenters. The molecule has 0 heterocycles. The molecule has 1 atom stereocenters. The van der Waals surface area contributed by atoms with Gasteiger partial charge in [0.2, 0.25) is 0 Å². The number of rotatable bonds is 2. The number of hydrogen-bond donors (Lipinski definition) is 0. The topological polar surface area (TPSA) is 26.3 Å². The number of esters is 1. The van der Waals surface area contributed by atoms with E-state index in [2.05, 4.69) is 6.92 Å². The first-order valence-electron chi connectivity index (χ1n) is 5.09. The summed E-state index contributed by atoms with van der Waals surface area (Å²) >= 11 is 0. The smallest absolute Gasteiger partial charge is 0.312 e. The van der Waals surface area contributed by atoms with E-state index in [-0.39, 0.29) is 17.5 Å². The van der Waals surface area contributed by atoms with Crippen molar-refractivity contribution in [2.24, 2.45) is 5.41 Å². The summed E-state index contributed by atoms with van der Waals surface area (Å²) in [5.41, 5.74) is -0.232. The Labute approximate surface area is 80.7 Å². The normalized spacial score (nSPS) is 21.5. The Morgan fingerprint density at radius 2 is 1.92 bits per heavy atom. The first-order chi connectivity index (χ1) is 6.04. The molecule has 13 heavy (non-hydrogen) atoms. The lowest BCUT2D eigenvalue weighted by molar-refractivity contribution is -0.159. The first kappa shape index (κ1) is 10.6. The largest absolute Gasteiger partial charge is 0.462 e. The van der Waals surface area contributed by atoms with Crippen molar-refractivity contribution in [1.29, 1.82) is 0 Å². The van der Waals surface area contributed by atoms with Crippen molar-refractivity contribution in [3.05, 3.63) is 6.92 Å². The minimum Gasteiger partial charge on any atom is -0.462 e. The molecule has 75 valence electrons. The molecular weight excluding hydrogens is 164 g/mol. The molecule has 1 fully saturated rings. The summed E-state index contributed by atoms with van der Waals surface area (Å²) in [6.45, 7) is 7.47. The van der Waals surface area contributed by atoms with E-state index in [1.54, 1.807) is 6.92 Å². The lowest BCUT2D eigenvalue weighted by Crippen LogP contribution is -2.33. The lowest BCUT2D eigenvalue weighted by Gasteiger charge is -2.31. The summed E-state index contributed by atoms with van der Waals surface area (Å²) in [5, 5.41) is 0. The average molecular weight is 183 g/mol. The van der Waals surface area contributed by atoms with Crippen LogP contribution in [-0.2, 0) is 9.53 Å². The number of carbonyl (C=O) groups is 1. The molecule has 0 aliphatic heterocycles. The highest BCUT2D eigenvalue weighted by atomic mass is 16.5. The zero-order valence-corrected chi connectivity index (χ0v) is 8.64. The van der Waals surface area contributed by atoms with Crippen molar-refractivity contribution in [1.82, 2.24) is 0 Å². The predicted molar refractivity (Wildman–Crippen MR) is 52.1 cm³/mol. The SMILES string of the molecule is [CH2]C(C)OC(=O)C1(C)CCCCC1. The van der Waals surface area contributed by atoms with Crippen LogP contribution < -0.4 is 0 Å². The van der Waals surface area contributed by atoms with Gasteiger partial charge in [-0.3, -0.25) is 4.79 Å². The molecule has 0 N–H and O–H groups in total. The predicted octanol–water partition coefficient (Wildman–Crippen LogP) is 2.72. The molecule has 0 amide bonds. The van der Waals surface area contributed by atoms with Crippen LogP contribution in [0.3, 0.4) is 0 Å². The van der Waals surface area contributed by atoms with Crippen molar-refractivity contribution in [3.8, 4) is 0 Å². The molecule has 0 aromatic rings. The second kappa shape index (κ2) is 4.12. The van der Waals surface area contributed by atoms with Gasteiger partial charge in [-0.15, -0.1) is 0 Å². The van der Waals surface area contributed by atoms with E-state index in [4.69, 9.17) is 4.74 Å². The molecule has 1 rings (SSSR count). The number of hydrogen-bond acceptors (Lipinski definition) is 2. The second-order valence-corrected chi connectivity index (χ2v) is 4.34. The Morgan fingerprint density at radius 1 is 1.38 bits per heavy atom. The van der Waals surface area contributed by atoms with Crippen LogP contribution in [0.15, 0.2) is 0 Å². The van der Waals surface area contributed by atoms with Crippen LogP contribution in [0.2, 0.25) is 0 Å². The minimum absolute atomic E-state index is 0.0605. The molecule has 0 bridgehead atoms. The zero-order valence-electron chi connectivity index (χ0n) is 8.64. The van der Waals surface area contributed by atoms with Gasteiger partial charge in [-0.1, -0.05) is 19.3 Å². The monoisotopic (exact) mass is 183 g/mol. The van der Waals surface area contributed by atoms with Crippen molar-refractivity contribution in [3.63, 3.8) is 0 Å². The van der Waals surface area contributed by atoms with E-state index in [0.29, 0.717) is 0 Å². The molecule has 2 heteroatoms. The highest BCUT2D eigenvalue weighted by molar-refractivity contribution is 5.76. The summed E-state index contributed by atoms with van der Waals surface area (Å²) in [6.07, 6.45) is 5.26. The van der Waals surface area contributed by atoms with Gasteiger partial charge < -0.3 is 4.74 Å². The average Bonchev–Trinajstić information content (AvgIpc) is 2.04. The Hall–Kier alpha value is -0.530. The molecule has 1 saturated carbocycles. The van der Waals surface area contributed by atoms with Gasteiger partial charge in [0, 0.05) is 0 Å². The fourth-order valence-electron chi connectivity index (χ4n) is 1.86. The Kier molecular flexibility index (Phi) is 3.34. The van der Waals surface area contributed by atoms with Gasteiger partial charge in [-0.25, -0.2) is 0 Å². The molecule has 1 aliphatic rings. The van der Waals surface area contributed by atoms with E-state index in [9.17, 15) is 4.79 Å². The second-order valence-electron chi connectivity index (χ2n) is 4.34. The summed E-state index contributed by atoms with van der Waals surface area (Å²) < 4.78 is 5.14. The van der Waals surface area contributed by atoms with Gasteiger partial charge in [0.05, 0.1) is 11.5 Å². The van der Waals surface area contributed by atoms with Gasteiger partial charge >= 0.3 is 5.97 Å². The van der Waals surface area contributed by atoms with Crippen LogP contribution in [0, 0.1) is 12.3 Å². The molecule has 0 aromatic heterocycles. The quantitative estimate of drug-likeness (QED) is 0.615. The Balaban J connectivity index is 2.51. The fourth-order valence-corrected chi connectivity index (χ4v) is 1.86. The van der Waals surface area contributed by atoms with E-state index in [1.807, 2.05) is 6.92 Å². The highest BCUT2D eigenvalue weighted by Crippen LogP contribution is 2.36. The molecule has 2 nitrogen and oxygen atoms in total. The third-order valence-electron chi connectivity index (χ3n) is 2.76. The van der Waals surface area contributed by atoms with Gasteiger partial charge in [0.25, 0.3) is 0 Å². The summed E-state index contributed by atoms with van der Waals surface area (Å²) in [4.78, 5) is 11.7. The fraction of sp³-hybridized carbons (Fsp3) is 0.818. The van der Waals surface area contributed by atoms with Crippen LogP contribution in [-0.4, -0.2) is 12.1 Å². The Morgan fingerprint density at radius 3 is 2.38 bits per heavy atom. The van der Waals surface area contributed by atoms with E-state index >= 15 is 0 Å². The summed E-state index contributed by atoms with van der Waals surface area (Å²) in [7, 11) is 0. The van der Waals surface area contributed by atoms with Crippen LogP contribution in [0.4, 0.5) is 0 Å². The standard InChI is InChI=1S/C11H19O2/c1-9(2)13-10(12)11(3)7-5-4-6-8-11/h9H,1,4-8H2,2-3H3. The van der Waals surface area contributed by atoms with Crippen molar-refractivity contribution in [2.45, 2.75) is 52.1 Å². The van der Waals surface area contributed by atoms with Gasteiger partial charge in [-0.2, -0.15) is 0 Å². The van der Waals surface area contributed by atoms with Crippen molar-refractivity contribution in [2.75, 3.05) is 0 Å². The van der Waals surface area contributed by atoms with E-state index in [0.717, 1.165) is 25.7 Å². The summed E-state index contributed by atoms with van der Waals surface area (Å²) in [6, 6.07) is 0. The maximum atomic E-state index is 11.7. The molecule has 0 spiro atoms. The highest BCUT2D eigenvalue weighted by Gasteiger charge is 2.36. The van der Waals surface area contributed by atoms with Crippen molar-refractivity contribution < 1.29 is 9.53 Å². The van der Waals surface area contributed by atoms with Gasteiger partial charge in [0.1, 0.15) is 0 Å². The lowest BCUT2D eigenvalue weighted by atomic mass is 9.76. The van der Waals surface area contributed by atoms with Crippen molar-refractivity contribution >= 4 is 5.97 Å². The maximum Gasteiger partial charge on any atom is 0.312 e. The van der Waals surface area contributed by atoms with Crippen LogP contribution in [0.25, 0.3) is 0 Å². The molecule has 0 aromatic carbocycles. The van der Waals surface area contributed by atoms with Crippen LogP contribution in [0.1, 0.15) is 46.0 Å². The van der Waals surface area contributed by atoms with Gasteiger partial charge in [-0.05, 0) is 33.6 Å². The molecule has 1 radical (unpaired) electrons. The van der Waals surface area contributed by atoms with E-state index < -0.39 is 0 Å². The molecule has 1 aliphatic carbocycles. The number of ether oxygens (including phenoxy) is 1. The Bertz CT molecular complexity index is 179. The third-order valence-corrected chi connectivity index (χ3v) is 2.76. The van der Waals surface area contributed by atoms with Crippen LogP contribution >= 0.6 is 0 Å². The van der Waals surface area contributed by atoms with E-state index in [1.165, 1.54) is 6.42 Å². The van der Waals surface area contributed by atoms with Crippen LogP contribution in [0.5, 0.6) is 0 Å². The number of carbonyl (C=O) groups excluding carboxylic acids is 1.